The molecule has 16 heavy (non-hydrogen) atoms. The number of allylic oxidation sites excluding steroid dienone is 3. The summed E-state index contributed by atoms with van der Waals surface area (Å²) >= 11 is 0. The van der Waals surface area contributed by atoms with Crippen molar-refractivity contribution < 1.29 is 10.2 Å². The predicted molar refractivity (Wildman–Crippen MR) is 69.1 cm³/mol. The molecule has 0 saturated carbocycles. The molecule has 0 aromatic rings. The second kappa shape index (κ2) is 7.42. The van der Waals surface area contributed by atoms with Crippen LogP contribution in [0.5, 0.6) is 0 Å². The first-order valence-corrected chi connectivity index (χ1v) is 5.69. The molecule has 0 saturated heterocycles. The van der Waals surface area contributed by atoms with Gasteiger partial charge in [0.1, 0.15) is 0 Å². The molecular weight excluding hydrogens is 200 g/mol. The highest BCUT2D eigenvalue weighted by Crippen LogP contribution is 2.36. The lowest BCUT2D eigenvalue weighted by molar-refractivity contribution is -0.0439. The van der Waals surface area contributed by atoms with E-state index in [1.54, 1.807) is 18.2 Å². The van der Waals surface area contributed by atoms with Gasteiger partial charge in [-0.1, -0.05) is 25.2 Å². The minimum atomic E-state index is -0.577. The highest BCUT2D eigenvalue weighted by atomic mass is 16.3. The van der Waals surface area contributed by atoms with Crippen LogP contribution in [-0.2, 0) is 0 Å². The highest BCUT2D eigenvalue weighted by molar-refractivity contribution is 4.98. The van der Waals surface area contributed by atoms with Crippen LogP contribution in [0.3, 0.4) is 0 Å². The first-order valence-electron chi connectivity index (χ1n) is 5.69. The van der Waals surface area contributed by atoms with Gasteiger partial charge in [-0.05, 0) is 25.2 Å². The minimum absolute atomic E-state index is 0.0618. The summed E-state index contributed by atoms with van der Waals surface area (Å²) < 4.78 is 0. The molecule has 0 radical (unpaired) electrons. The Morgan fingerprint density at radius 1 is 1.12 bits per heavy atom. The van der Waals surface area contributed by atoms with Crippen molar-refractivity contribution in [2.45, 2.75) is 32.3 Å². The Bertz CT molecular complexity index is 223. The van der Waals surface area contributed by atoms with E-state index in [2.05, 4.69) is 19.7 Å². The largest absolute Gasteiger partial charge is 0.396 e. The fourth-order valence-corrected chi connectivity index (χ4v) is 2.12. The van der Waals surface area contributed by atoms with Crippen LogP contribution in [0.1, 0.15) is 26.2 Å². The maximum absolute atomic E-state index is 10.3. The summed E-state index contributed by atoms with van der Waals surface area (Å²) in [6, 6.07) is 0. The van der Waals surface area contributed by atoms with Gasteiger partial charge in [0.25, 0.3) is 0 Å². The molecule has 0 amide bonds. The molecule has 92 valence electrons. The predicted octanol–water partition coefficient (Wildman–Crippen LogP) is 2.69. The standard InChI is InChI=1S/C14H24O2/c1-5-8-12(4)13(16)14(11-15,9-6-2)10-7-3/h5-7,12-13,15-16H,1-3,8-11H2,4H3. The van der Waals surface area contributed by atoms with E-state index in [0.717, 1.165) is 6.42 Å². The zero-order valence-corrected chi connectivity index (χ0v) is 10.2. The first kappa shape index (κ1) is 15.1. The molecule has 2 unspecified atom stereocenters. The number of hydrogen-bond acceptors (Lipinski definition) is 2. The van der Waals surface area contributed by atoms with Crippen LogP contribution in [0.2, 0.25) is 0 Å². The maximum atomic E-state index is 10.3. The lowest BCUT2D eigenvalue weighted by atomic mass is 9.72. The van der Waals surface area contributed by atoms with E-state index in [4.69, 9.17) is 0 Å². The van der Waals surface area contributed by atoms with E-state index < -0.39 is 11.5 Å². The molecule has 0 rings (SSSR count). The van der Waals surface area contributed by atoms with E-state index in [1.807, 2.05) is 6.92 Å². The number of aliphatic hydroxyl groups excluding tert-OH is 2. The Labute approximate surface area is 99.0 Å². The third-order valence-electron chi connectivity index (χ3n) is 3.12. The Balaban J connectivity index is 4.89. The van der Waals surface area contributed by atoms with Crippen LogP contribution >= 0.6 is 0 Å². The Kier molecular flexibility index (Phi) is 7.02. The summed E-state index contributed by atoms with van der Waals surface area (Å²) in [5.74, 6) is 0.0737. The fraction of sp³-hybridized carbons (Fsp3) is 0.571. The van der Waals surface area contributed by atoms with Gasteiger partial charge in [-0.3, -0.25) is 0 Å². The summed E-state index contributed by atoms with van der Waals surface area (Å²) in [7, 11) is 0. The molecule has 2 N–H and O–H groups in total. The van der Waals surface area contributed by atoms with E-state index in [1.165, 1.54) is 0 Å². The number of aliphatic hydroxyl groups is 2. The van der Waals surface area contributed by atoms with Crippen LogP contribution < -0.4 is 0 Å². The SMILES string of the molecule is C=CCC(C)C(O)C(CO)(CC=C)CC=C. The van der Waals surface area contributed by atoms with Crippen molar-refractivity contribution in [2.75, 3.05) is 6.61 Å². The van der Waals surface area contributed by atoms with Crippen LogP contribution in [0.15, 0.2) is 38.0 Å². The summed E-state index contributed by atoms with van der Waals surface area (Å²) in [5, 5.41) is 19.9. The summed E-state index contributed by atoms with van der Waals surface area (Å²) in [5.41, 5.74) is -0.550. The molecule has 0 aliphatic carbocycles. The van der Waals surface area contributed by atoms with Gasteiger partial charge in [0.15, 0.2) is 0 Å². The van der Waals surface area contributed by atoms with Crippen molar-refractivity contribution in [3.63, 3.8) is 0 Å². The van der Waals surface area contributed by atoms with Crippen LogP contribution in [0.25, 0.3) is 0 Å². The van der Waals surface area contributed by atoms with Gasteiger partial charge in [0, 0.05) is 5.41 Å². The molecule has 0 fully saturated rings. The second-order valence-electron chi connectivity index (χ2n) is 4.45. The van der Waals surface area contributed by atoms with Crippen molar-refractivity contribution in [3.05, 3.63) is 38.0 Å². The summed E-state index contributed by atoms with van der Waals surface area (Å²) in [6.07, 6.45) is 6.59. The van der Waals surface area contributed by atoms with E-state index in [9.17, 15) is 10.2 Å². The zero-order valence-electron chi connectivity index (χ0n) is 10.2. The van der Waals surface area contributed by atoms with Crippen LogP contribution in [0.4, 0.5) is 0 Å². The molecule has 2 heteroatoms. The molecule has 0 spiro atoms. The zero-order chi connectivity index (χ0) is 12.6. The van der Waals surface area contributed by atoms with Gasteiger partial charge < -0.3 is 10.2 Å². The molecule has 0 aliphatic rings. The molecule has 0 aromatic heterocycles. The second-order valence-corrected chi connectivity index (χ2v) is 4.45. The maximum Gasteiger partial charge on any atom is 0.0652 e. The van der Waals surface area contributed by atoms with Gasteiger partial charge in [0.05, 0.1) is 12.7 Å². The normalized spacial score (nSPS) is 15.2. The molecule has 0 heterocycles. The monoisotopic (exact) mass is 224 g/mol. The first-order chi connectivity index (χ1) is 7.57. The molecule has 0 aromatic carbocycles. The average molecular weight is 224 g/mol. The van der Waals surface area contributed by atoms with Gasteiger partial charge in [-0.15, -0.1) is 19.7 Å². The third-order valence-corrected chi connectivity index (χ3v) is 3.12. The quantitative estimate of drug-likeness (QED) is 0.591. The van der Waals surface area contributed by atoms with Crippen LogP contribution in [0, 0.1) is 11.3 Å². The molecule has 2 nitrogen and oxygen atoms in total. The van der Waals surface area contributed by atoms with Gasteiger partial charge in [-0.25, -0.2) is 0 Å². The minimum Gasteiger partial charge on any atom is -0.396 e. The van der Waals surface area contributed by atoms with E-state index in [0.29, 0.717) is 12.8 Å². The van der Waals surface area contributed by atoms with E-state index in [-0.39, 0.29) is 12.5 Å². The number of hydrogen-bond donors (Lipinski definition) is 2. The summed E-state index contributed by atoms with van der Waals surface area (Å²) in [6.45, 7) is 12.9. The highest BCUT2D eigenvalue weighted by Gasteiger charge is 2.37. The molecule has 0 bridgehead atoms. The van der Waals surface area contributed by atoms with Gasteiger partial charge in [0.2, 0.25) is 0 Å². The van der Waals surface area contributed by atoms with E-state index >= 15 is 0 Å². The van der Waals surface area contributed by atoms with Crippen molar-refractivity contribution in [1.29, 1.82) is 0 Å². The lowest BCUT2D eigenvalue weighted by Gasteiger charge is -2.38. The number of rotatable bonds is 9. The third kappa shape index (κ3) is 3.62. The molecular formula is C14H24O2. The van der Waals surface area contributed by atoms with Crippen molar-refractivity contribution in [1.82, 2.24) is 0 Å². The van der Waals surface area contributed by atoms with Crippen molar-refractivity contribution in [2.24, 2.45) is 11.3 Å². The smallest absolute Gasteiger partial charge is 0.0652 e. The Morgan fingerprint density at radius 2 is 1.62 bits per heavy atom. The molecule has 0 aliphatic heterocycles. The van der Waals surface area contributed by atoms with Crippen molar-refractivity contribution in [3.8, 4) is 0 Å². The average Bonchev–Trinajstić information content (AvgIpc) is 2.28. The molecule has 2 atom stereocenters. The lowest BCUT2D eigenvalue weighted by Crippen LogP contribution is -2.42. The Hall–Kier alpha value is -0.860. The fourth-order valence-electron chi connectivity index (χ4n) is 2.12. The Morgan fingerprint density at radius 3 is 1.94 bits per heavy atom. The van der Waals surface area contributed by atoms with Gasteiger partial charge in [-0.2, -0.15) is 0 Å². The van der Waals surface area contributed by atoms with Crippen LogP contribution in [-0.4, -0.2) is 22.9 Å². The van der Waals surface area contributed by atoms with Gasteiger partial charge >= 0.3 is 0 Å². The summed E-state index contributed by atoms with van der Waals surface area (Å²) in [4.78, 5) is 0. The topological polar surface area (TPSA) is 40.5 Å². The van der Waals surface area contributed by atoms with Crippen molar-refractivity contribution >= 4 is 0 Å².